The first-order chi connectivity index (χ1) is 29.9. The topological polar surface area (TPSA) is 331 Å². The minimum Gasteiger partial charge on any atom is -0.508 e. The number of benzene rings is 6. The largest absolute Gasteiger partial charge is 0.508 e. The lowest BCUT2D eigenvalue weighted by Crippen LogP contribution is -2.39. The molecule has 18 nitrogen and oxygen atoms in total. The molecule has 3 heterocycles. The van der Waals surface area contributed by atoms with Crippen LogP contribution in [0.2, 0.25) is 0 Å². The first-order valence-corrected chi connectivity index (χ1v) is 19.3. The summed E-state index contributed by atoms with van der Waals surface area (Å²) in [6.45, 7) is 0. The van der Waals surface area contributed by atoms with Crippen molar-refractivity contribution in [1.29, 1.82) is 0 Å². The molecule has 3 aliphatic rings. The molecule has 0 radical (unpaired) electrons. The summed E-state index contributed by atoms with van der Waals surface area (Å²) in [5.41, 5.74) is -1.10. The normalized spacial score (nSPS) is 23.6. The van der Waals surface area contributed by atoms with Crippen molar-refractivity contribution in [2.24, 2.45) is 0 Å². The number of hydrogen-bond acceptors (Lipinski definition) is 18. The molecule has 0 unspecified atom stereocenters. The highest BCUT2D eigenvalue weighted by Crippen LogP contribution is 2.62. The van der Waals surface area contributed by atoms with Gasteiger partial charge in [-0.1, -0.05) is 18.2 Å². The monoisotopic (exact) mass is 866 g/mol. The van der Waals surface area contributed by atoms with Crippen molar-refractivity contribution in [2.45, 2.75) is 54.9 Å². The second-order valence-electron chi connectivity index (χ2n) is 15.7. The summed E-state index contributed by atoms with van der Waals surface area (Å²) in [7, 11) is 0. The summed E-state index contributed by atoms with van der Waals surface area (Å²) in [4.78, 5) is 0. The molecule has 0 bridgehead atoms. The van der Waals surface area contributed by atoms with E-state index in [0.29, 0.717) is 0 Å². The number of phenols is 12. The van der Waals surface area contributed by atoms with Crippen LogP contribution in [0.15, 0.2) is 78.9 Å². The molecule has 0 fully saturated rings. The number of aromatic hydroxyl groups is 12. The van der Waals surface area contributed by atoms with Crippen molar-refractivity contribution in [2.75, 3.05) is 0 Å². The predicted molar refractivity (Wildman–Crippen MR) is 214 cm³/mol. The van der Waals surface area contributed by atoms with E-state index in [-0.39, 0.29) is 62.4 Å². The second-order valence-corrected chi connectivity index (χ2v) is 15.7. The van der Waals surface area contributed by atoms with Crippen LogP contribution in [-0.2, 0) is 6.42 Å². The molecule has 8 atom stereocenters. The van der Waals surface area contributed by atoms with Crippen molar-refractivity contribution in [3.8, 4) is 86.2 Å². The Morgan fingerprint density at radius 1 is 0.365 bits per heavy atom. The number of aliphatic hydroxyl groups excluding tert-OH is 3. The fraction of sp³-hybridized carbons (Fsp3) is 0.200. The van der Waals surface area contributed by atoms with Gasteiger partial charge in [0.15, 0.2) is 46.7 Å². The molecule has 3 aliphatic heterocycles. The van der Waals surface area contributed by atoms with Crippen molar-refractivity contribution in [3.63, 3.8) is 0 Å². The SMILES string of the molecule is Oc1cc(O)c2c(c1)O[C@H](c1ccc(O)c(O)c1)[C@H](O)[C@H]2c1c(O)cc(O)c2c1O[C@H](c1ccc(O)c(O)c1)[C@@H](O)[C@H]2c1c(O)cc(O)c2c1O[C@@H](c1ccc(O)c(O)c1)[C@@H](O)C2. The molecule has 0 saturated carbocycles. The van der Waals surface area contributed by atoms with Crippen LogP contribution >= 0.6 is 0 Å². The molecule has 63 heavy (non-hydrogen) atoms. The Bertz CT molecular complexity index is 2840. The molecule has 15 N–H and O–H groups in total. The van der Waals surface area contributed by atoms with Crippen molar-refractivity contribution < 1.29 is 90.8 Å². The molecule has 6 aromatic carbocycles. The molecular formula is C45H38O18. The summed E-state index contributed by atoms with van der Waals surface area (Å²) in [6, 6.07) is 14.4. The lowest BCUT2D eigenvalue weighted by molar-refractivity contribution is -0.00562. The molecule has 9 rings (SSSR count). The summed E-state index contributed by atoms with van der Waals surface area (Å²) in [6.07, 6.45) is -9.93. The number of aliphatic hydroxyl groups is 3. The molecule has 6 aromatic rings. The van der Waals surface area contributed by atoms with E-state index in [0.717, 1.165) is 60.7 Å². The maximum Gasteiger partial charge on any atom is 0.157 e. The summed E-state index contributed by atoms with van der Waals surface area (Å²) in [5.74, 6) is -11.5. The zero-order valence-electron chi connectivity index (χ0n) is 32.3. The molecule has 326 valence electrons. The van der Waals surface area contributed by atoms with Gasteiger partial charge in [0.25, 0.3) is 0 Å². The highest BCUT2D eigenvalue weighted by molar-refractivity contribution is 5.70. The van der Waals surface area contributed by atoms with E-state index in [4.69, 9.17) is 14.2 Å². The van der Waals surface area contributed by atoms with E-state index < -0.39 is 123 Å². The van der Waals surface area contributed by atoms with Gasteiger partial charge < -0.3 is 90.8 Å². The minimum atomic E-state index is -1.90. The molecular weight excluding hydrogens is 828 g/mol. The molecule has 0 spiro atoms. The third kappa shape index (κ3) is 6.46. The first-order valence-electron chi connectivity index (χ1n) is 19.3. The van der Waals surface area contributed by atoms with Gasteiger partial charge in [-0.2, -0.15) is 0 Å². The molecule has 0 saturated heterocycles. The van der Waals surface area contributed by atoms with Gasteiger partial charge in [-0.05, 0) is 53.1 Å². The van der Waals surface area contributed by atoms with Crippen LogP contribution < -0.4 is 14.2 Å². The summed E-state index contributed by atoms with van der Waals surface area (Å²) < 4.78 is 18.9. The van der Waals surface area contributed by atoms with Crippen LogP contribution in [-0.4, -0.2) is 94.9 Å². The van der Waals surface area contributed by atoms with Crippen molar-refractivity contribution >= 4 is 0 Å². The number of ether oxygens (including phenoxy) is 3. The Labute approximate surface area is 354 Å². The van der Waals surface area contributed by atoms with Crippen LogP contribution in [0, 0.1) is 0 Å². The smallest absolute Gasteiger partial charge is 0.157 e. The van der Waals surface area contributed by atoms with Crippen molar-refractivity contribution in [3.05, 3.63) is 123 Å². The third-order valence-corrected chi connectivity index (χ3v) is 11.8. The quantitative estimate of drug-likeness (QED) is 0.106. The van der Waals surface area contributed by atoms with Crippen LogP contribution in [0.1, 0.15) is 74.7 Å². The van der Waals surface area contributed by atoms with E-state index in [1.54, 1.807) is 0 Å². The van der Waals surface area contributed by atoms with Crippen LogP contribution in [0.4, 0.5) is 0 Å². The Morgan fingerprint density at radius 2 is 0.778 bits per heavy atom. The molecule has 0 amide bonds. The van der Waals surface area contributed by atoms with E-state index in [1.165, 1.54) is 18.2 Å². The molecule has 18 heteroatoms. The lowest BCUT2D eigenvalue weighted by atomic mass is 9.73. The van der Waals surface area contributed by atoms with Crippen LogP contribution in [0.3, 0.4) is 0 Å². The average Bonchev–Trinajstić information content (AvgIpc) is 3.22. The first kappa shape index (κ1) is 40.6. The number of hydrogen-bond donors (Lipinski definition) is 15. The van der Waals surface area contributed by atoms with E-state index in [1.807, 2.05) is 0 Å². The zero-order chi connectivity index (χ0) is 44.9. The molecule has 0 aromatic heterocycles. The standard InChI is InChI=1S/C45H38O18/c46-18-10-27(54)33-32(11-18)61-42(16-2-5-21(48)25(52)8-16)39(59)37(33)35-29(56)14-30(57)36-38(40(60)43(63-45(35)36)17-3-6-22(49)26(53)9-17)34-28(55)13-23(50)19-12-31(58)41(62-44(19)34)15-1-4-20(47)24(51)7-15/h1-11,13-14,31,37-43,46-60H,12H2/t31-,37+,38-,39+,40-,41-,42+,43+/m0/s1. The van der Waals surface area contributed by atoms with Gasteiger partial charge in [0.05, 0.1) is 17.9 Å². The fourth-order valence-corrected chi connectivity index (χ4v) is 8.94. The number of rotatable bonds is 5. The van der Waals surface area contributed by atoms with Crippen LogP contribution in [0.25, 0.3) is 0 Å². The maximum absolute atomic E-state index is 12.5. The Kier molecular flexibility index (Phi) is 9.46. The predicted octanol–water partition coefficient (Wildman–Crippen LogP) is 4.44. The van der Waals surface area contributed by atoms with E-state index >= 15 is 0 Å². The lowest BCUT2D eigenvalue weighted by Gasteiger charge is -2.43. The summed E-state index contributed by atoms with van der Waals surface area (Å²) >= 11 is 0. The minimum absolute atomic E-state index is 0.0127. The summed E-state index contributed by atoms with van der Waals surface area (Å²) in [5, 5.41) is 166. The fourth-order valence-electron chi connectivity index (χ4n) is 8.94. The Balaban J connectivity index is 1.31. The average molecular weight is 867 g/mol. The van der Waals surface area contributed by atoms with Gasteiger partial charge in [-0.3, -0.25) is 0 Å². The second kappa shape index (κ2) is 14.7. The van der Waals surface area contributed by atoms with Crippen molar-refractivity contribution in [1.82, 2.24) is 0 Å². The maximum atomic E-state index is 12.5. The van der Waals surface area contributed by atoms with Gasteiger partial charge >= 0.3 is 0 Å². The van der Waals surface area contributed by atoms with Gasteiger partial charge in [0.2, 0.25) is 0 Å². The van der Waals surface area contributed by atoms with Gasteiger partial charge in [0.1, 0.15) is 70.1 Å². The Morgan fingerprint density at radius 3 is 1.29 bits per heavy atom. The highest BCUT2D eigenvalue weighted by Gasteiger charge is 2.51. The highest BCUT2D eigenvalue weighted by atomic mass is 16.5. The van der Waals surface area contributed by atoms with E-state index in [2.05, 4.69) is 0 Å². The third-order valence-electron chi connectivity index (χ3n) is 11.8. The number of phenolic OH excluding ortho intramolecular Hbond substituents is 12. The molecule has 0 aliphatic carbocycles. The Hall–Kier alpha value is -7.80. The number of fused-ring (bicyclic) bond motifs is 3. The zero-order valence-corrected chi connectivity index (χ0v) is 32.3. The van der Waals surface area contributed by atoms with Crippen LogP contribution in [0.5, 0.6) is 86.2 Å². The van der Waals surface area contributed by atoms with E-state index in [9.17, 15) is 76.6 Å². The van der Waals surface area contributed by atoms with Gasteiger partial charge in [-0.15, -0.1) is 0 Å². The van der Waals surface area contributed by atoms with Gasteiger partial charge in [0, 0.05) is 58.5 Å². The van der Waals surface area contributed by atoms with Gasteiger partial charge in [-0.25, -0.2) is 0 Å².